The van der Waals surface area contributed by atoms with Crippen molar-refractivity contribution in [2.24, 2.45) is 10.9 Å². The zero-order valence-corrected chi connectivity index (χ0v) is 23.3. The molecule has 2 aromatic rings. The van der Waals surface area contributed by atoms with Crippen LogP contribution in [0.1, 0.15) is 61.5 Å². The van der Waals surface area contributed by atoms with Crippen LogP contribution in [0.2, 0.25) is 0 Å². The van der Waals surface area contributed by atoms with Crippen molar-refractivity contribution in [3.63, 3.8) is 0 Å². The highest BCUT2D eigenvalue weighted by molar-refractivity contribution is 6.02. The van der Waals surface area contributed by atoms with E-state index in [1.165, 1.54) is 14.2 Å². The van der Waals surface area contributed by atoms with E-state index in [0.29, 0.717) is 11.6 Å². The predicted molar refractivity (Wildman–Crippen MR) is 149 cm³/mol. The van der Waals surface area contributed by atoms with Gasteiger partial charge in [0.15, 0.2) is 0 Å². The third-order valence-corrected chi connectivity index (χ3v) is 6.62. The van der Waals surface area contributed by atoms with Gasteiger partial charge in [0.1, 0.15) is 23.6 Å². The number of allylic oxidation sites excluding steroid dienone is 2. The minimum absolute atomic E-state index is 0.0968. The van der Waals surface area contributed by atoms with Crippen molar-refractivity contribution in [2.45, 2.75) is 53.1 Å². The van der Waals surface area contributed by atoms with Crippen molar-refractivity contribution in [3.05, 3.63) is 71.1 Å². The number of methoxy groups -OCH3 is 2. The maximum Gasteiger partial charge on any atom is 0.405 e. The van der Waals surface area contributed by atoms with Gasteiger partial charge in [-0.25, -0.2) is 0 Å². The van der Waals surface area contributed by atoms with Gasteiger partial charge in [-0.2, -0.15) is 13.2 Å². The molecule has 1 unspecified atom stereocenters. The fourth-order valence-electron chi connectivity index (χ4n) is 4.25. The molecule has 0 radical (unpaired) electrons. The highest BCUT2D eigenvalue weighted by Crippen LogP contribution is 2.39. The van der Waals surface area contributed by atoms with E-state index in [4.69, 9.17) is 9.47 Å². The Labute approximate surface area is 228 Å². The van der Waals surface area contributed by atoms with Gasteiger partial charge < -0.3 is 19.7 Å². The SMILES string of the molecule is CC/C(C)=C\N(c1cc(OC)c(C(=O)NCC(F)(F)F)c(OC)c1)c1ccc(C2=NC=CC(C)CC2)cc1C. The molecular formula is C30H36F3N3O3. The summed E-state index contributed by atoms with van der Waals surface area (Å²) in [5.74, 6) is -0.264. The van der Waals surface area contributed by atoms with Crippen LogP contribution in [-0.4, -0.2) is 38.6 Å². The number of alkyl halides is 3. The number of carbonyl (C=O) groups is 1. The number of nitrogens with one attached hydrogen (secondary N) is 1. The predicted octanol–water partition coefficient (Wildman–Crippen LogP) is 7.49. The summed E-state index contributed by atoms with van der Waals surface area (Å²) in [7, 11) is 2.72. The molecule has 2 aromatic carbocycles. The smallest absolute Gasteiger partial charge is 0.405 e. The van der Waals surface area contributed by atoms with Gasteiger partial charge in [-0.1, -0.05) is 31.6 Å². The molecule has 0 aromatic heterocycles. The van der Waals surface area contributed by atoms with Gasteiger partial charge >= 0.3 is 6.18 Å². The summed E-state index contributed by atoms with van der Waals surface area (Å²) in [4.78, 5) is 19.3. The second kappa shape index (κ2) is 12.9. The summed E-state index contributed by atoms with van der Waals surface area (Å²) >= 11 is 0. The number of amides is 1. The minimum Gasteiger partial charge on any atom is -0.496 e. The molecule has 1 amide bonds. The number of anilines is 2. The Bertz CT molecular complexity index is 1260. The van der Waals surface area contributed by atoms with Crippen molar-refractivity contribution < 1.29 is 27.4 Å². The lowest BCUT2D eigenvalue weighted by Gasteiger charge is -2.26. The Morgan fingerprint density at radius 2 is 1.85 bits per heavy atom. The lowest BCUT2D eigenvalue weighted by atomic mass is 9.98. The molecule has 9 heteroatoms. The molecule has 0 saturated heterocycles. The van der Waals surface area contributed by atoms with Crippen molar-refractivity contribution in [3.8, 4) is 11.5 Å². The van der Waals surface area contributed by atoms with E-state index in [1.807, 2.05) is 55.5 Å². The van der Waals surface area contributed by atoms with Gasteiger partial charge in [-0.3, -0.25) is 9.79 Å². The number of hydrogen-bond acceptors (Lipinski definition) is 5. The molecule has 3 rings (SSSR count). The van der Waals surface area contributed by atoms with Crippen molar-refractivity contribution in [2.75, 3.05) is 25.7 Å². The normalized spacial score (nSPS) is 15.9. The Morgan fingerprint density at radius 1 is 1.18 bits per heavy atom. The molecule has 6 nitrogen and oxygen atoms in total. The second-order valence-corrected chi connectivity index (χ2v) is 9.66. The highest BCUT2D eigenvalue weighted by Gasteiger charge is 2.30. The van der Waals surface area contributed by atoms with Gasteiger partial charge in [0.25, 0.3) is 5.91 Å². The number of aliphatic imine (C=N–C) groups is 1. The van der Waals surface area contributed by atoms with Crippen LogP contribution >= 0.6 is 0 Å². The molecule has 1 aliphatic heterocycles. The van der Waals surface area contributed by atoms with Crippen LogP contribution in [-0.2, 0) is 0 Å². The number of carbonyl (C=O) groups excluding carboxylic acids is 1. The lowest BCUT2D eigenvalue weighted by Crippen LogP contribution is -2.34. The largest absolute Gasteiger partial charge is 0.496 e. The first-order valence-electron chi connectivity index (χ1n) is 12.9. The van der Waals surface area contributed by atoms with E-state index in [0.717, 1.165) is 47.4 Å². The van der Waals surface area contributed by atoms with Crippen LogP contribution in [0, 0.1) is 12.8 Å². The number of hydrogen-bond donors (Lipinski definition) is 1. The van der Waals surface area contributed by atoms with Crippen LogP contribution in [0.3, 0.4) is 0 Å². The summed E-state index contributed by atoms with van der Waals surface area (Å²) in [5, 5.41) is 1.90. The first-order valence-corrected chi connectivity index (χ1v) is 12.9. The monoisotopic (exact) mass is 543 g/mol. The van der Waals surface area contributed by atoms with Gasteiger partial charge in [0.2, 0.25) is 0 Å². The quantitative estimate of drug-likeness (QED) is 0.356. The molecule has 1 atom stereocenters. The topological polar surface area (TPSA) is 63.2 Å². The number of halogens is 3. The average Bonchev–Trinajstić information content (AvgIpc) is 3.13. The maximum absolute atomic E-state index is 12.7. The van der Waals surface area contributed by atoms with Crippen LogP contribution in [0.4, 0.5) is 24.5 Å². The molecule has 1 heterocycles. The number of benzene rings is 2. The Kier molecular flexibility index (Phi) is 9.83. The maximum atomic E-state index is 12.7. The van der Waals surface area contributed by atoms with Gasteiger partial charge in [-0.15, -0.1) is 0 Å². The van der Waals surface area contributed by atoms with E-state index in [-0.39, 0.29) is 17.1 Å². The summed E-state index contributed by atoms with van der Waals surface area (Å²) < 4.78 is 49.1. The van der Waals surface area contributed by atoms with Crippen molar-refractivity contribution in [1.82, 2.24) is 5.32 Å². The Hall–Kier alpha value is -3.75. The third-order valence-electron chi connectivity index (χ3n) is 6.62. The number of ether oxygens (including phenoxy) is 2. The summed E-state index contributed by atoms with van der Waals surface area (Å²) in [6.45, 7) is 6.79. The Balaban J connectivity index is 2.08. The molecular weight excluding hydrogens is 507 g/mol. The first kappa shape index (κ1) is 29.8. The fraction of sp³-hybridized carbons (Fsp3) is 0.400. The molecule has 0 fully saturated rings. The summed E-state index contributed by atoms with van der Waals surface area (Å²) in [5.41, 5.74) is 5.60. The standard InChI is InChI=1S/C30H36F3N3O3/c1-7-19(2)17-36(25-11-9-22(14-21(25)4)24-10-8-20(3)12-13-34-24)23-15-26(38-5)28(27(16-23)39-6)29(37)35-18-30(31,32)33/h9,11-17,20H,7-8,10,18H2,1-6H3,(H,35,37)/b19-17-. The lowest BCUT2D eigenvalue weighted by molar-refractivity contribution is -0.123. The van der Waals surface area contributed by atoms with Crippen LogP contribution in [0.25, 0.3) is 0 Å². The zero-order valence-electron chi connectivity index (χ0n) is 23.3. The summed E-state index contributed by atoms with van der Waals surface area (Å²) in [6.07, 6.45) is 4.16. The molecule has 210 valence electrons. The highest BCUT2D eigenvalue weighted by atomic mass is 19.4. The molecule has 39 heavy (non-hydrogen) atoms. The summed E-state index contributed by atoms with van der Waals surface area (Å²) in [6, 6.07) is 9.42. The van der Waals surface area contributed by atoms with E-state index in [9.17, 15) is 18.0 Å². The van der Waals surface area contributed by atoms with Crippen molar-refractivity contribution >= 4 is 23.0 Å². The number of aryl methyl sites for hydroxylation is 1. The van der Waals surface area contributed by atoms with Gasteiger partial charge in [-0.05, 0) is 62.3 Å². The van der Waals surface area contributed by atoms with Crippen LogP contribution in [0.5, 0.6) is 11.5 Å². The minimum atomic E-state index is -4.55. The first-order chi connectivity index (χ1) is 18.5. The second-order valence-electron chi connectivity index (χ2n) is 9.66. The van der Waals surface area contributed by atoms with E-state index >= 15 is 0 Å². The van der Waals surface area contributed by atoms with Gasteiger partial charge in [0, 0.05) is 35.9 Å². The zero-order chi connectivity index (χ0) is 28.7. The third kappa shape index (κ3) is 7.65. The number of nitrogens with zero attached hydrogens (tertiary/aromatic N) is 2. The fourth-order valence-corrected chi connectivity index (χ4v) is 4.25. The van der Waals surface area contributed by atoms with Crippen molar-refractivity contribution in [1.29, 1.82) is 0 Å². The van der Waals surface area contributed by atoms with E-state index in [2.05, 4.69) is 24.1 Å². The molecule has 0 saturated carbocycles. The average molecular weight is 544 g/mol. The van der Waals surface area contributed by atoms with E-state index < -0.39 is 18.6 Å². The molecule has 0 bridgehead atoms. The van der Waals surface area contributed by atoms with Crippen LogP contribution in [0.15, 0.2) is 59.4 Å². The van der Waals surface area contributed by atoms with E-state index in [1.54, 1.807) is 12.1 Å². The molecule has 0 aliphatic carbocycles. The molecule has 0 spiro atoms. The van der Waals surface area contributed by atoms with Crippen LogP contribution < -0.4 is 19.7 Å². The Morgan fingerprint density at radius 3 is 2.41 bits per heavy atom. The molecule has 1 aliphatic rings. The van der Waals surface area contributed by atoms with Gasteiger partial charge in [0.05, 0.1) is 19.9 Å². The molecule has 1 N–H and O–H groups in total. The number of rotatable bonds is 9.